The van der Waals surface area contributed by atoms with Crippen molar-refractivity contribution < 1.29 is 0 Å². The molecule has 0 aliphatic heterocycles. The molecule has 1 N–H and O–H groups in total. The predicted octanol–water partition coefficient (Wildman–Crippen LogP) is 3.48. The summed E-state index contributed by atoms with van der Waals surface area (Å²) in [4.78, 5) is 0. The molecule has 1 unspecified atom stereocenters. The van der Waals surface area contributed by atoms with Gasteiger partial charge in [0, 0.05) is 0 Å². The highest BCUT2D eigenvalue weighted by molar-refractivity contribution is 5.29. The zero-order valence-corrected chi connectivity index (χ0v) is 11.1. The predicted molar refractivity (Wildman–Crippen MR) is 71.9 cm³/mol. The number of nitrogens with one attached hydrogen (secondary N) is 1. The molecule has 1 atom stereocenters. The van der Waals surface area contributed by atoms with E-state index in [1.54, 1.807) is 0 Å². The molecule has 0 amide bonds. The minimum atomic E-state index is 0.814. The normalized spacial score (nSPS) is 12.8. The molecule has 1 aromatic carbocycles. The van der Waals surface area contributed by atoms with Crippen LogP contribution in [0.25, 0.3) is 0 Å². The second-order valence-corrected chi connectivity index (χ2v) is 4.95. The molecule has 1 heteroatoms. The largest absolute Gasteiger partial charge is 0.320 e. The summed E-state index contributed by atoms with van der Waals surface area (Å²) < 4.78 is 0. The molecule has 0 radical (unpaired) electrons. The van der Waals surface area contributed by atoms with Crippen LogP contribution in [0.5, 0.6) is 0 Å². The van der Waals surface area contributed by atoms with Crippen molar-refractivity contribution in [3.63, 3.8) is 0 Å². The monoisotopic (exact) mass is 219 g/mol. The van der Waals surface area contributed by atoms with Crippen molar-refractivity contribution in [3.8, 4) is 0 Å². The maximum absolute atomic E-state index is 3.21. The lowest BCUT2D eigenvalue weighted by molar-refractivity contribution is 0.482. The standard InChI is InChI=1S/C15H25N/c1-12(9-10-16-4)5-7-15-8-6-13(2)14(3)11-15/h6,8,11-12,16H,5,7,9-10H2,1-4H3. The molecule has 0 aliphatic carbocycles. The SMILES string of the molecule is CNCCC(C)CCc1ccc(C)c(C)c1. The second kappa shape index (κ2) is 6.70. The highest BCUT2D eigenvalue weighted by Gasteiger charge is 2.03. The minimum absolute atomic E-state index is 0.814. The summed E-state index contributed by atoms with van der Waals surface area (Å²) in [5.74, 6) is 0.814. The Labute approximate surface area is 100 Å². The van der Waals surface area contributed by atoms with Gasteiger partial charge in [0.2, 0.25) is 0 Å². The Hall–Kier alpha value is -0.820. The van der Waals surface area contributed by atoms with E-state index in [0.29, 0.717) is 0 Å². The van der Waals surface area contributed by atoms with E-state index in [2.05, 4.69) is 44.3 Å². The van der Waals surface area contributed by atoms with Gasteiger partial charge in [-0.1, -0.05) is 25.1 Å². The van der Waals surface area contributed by atoms with Crippen LogP contribution in [-0.4, -0.2) is 13.6 Å². The lowest BCUT2D eigenvalue weighted by Crippen LogP contribution is -2.11. The Morgan fingerprint density at radius 3 is 2.50 bits per heavy atom. The summed E-state index contributed by atoms with van der Waals surface area (Å²) in [5.41, 5.74) is 4.30. The van der Waals surface area contributed by atoms with E-state index in [1.165, 1.54) is 36.0 Å². The third-order valence-corrected chi connectivity index (χ3v) is 3.38. The average molecular weight is 219 g/mol. The van der Waals surface area contributed by atoms with Gasteiger partial charge in [-0.15, -0.1) is 0 Å². The number of hydrogen-bond donors (Lipinski definition) is 1. The molecule has 1 aromatic rings. The fourth-order valence-electron chi connectivity index (χ4n) is 1.91. The van der Waals surface area contributed by atoms with Crippen LogP contribution in [-0.2, 0) is 6.42 Å². The Bertz CT molecular complexity index is 317. The smallest absolute Gasteiger partial charge is 0.00494 e. The lowest BCUT2D eigenvalue weighted by atomic mass is 9.96. The molecule has 0 bridgehead atoms. The van der Waals surface area contributed by atoms with Gasteiger partial charge >= 0.3 is 0 Å². The van der Waals surface area contributed by atoms with Crippen LogP contribution < -0.4 is 5.32 Å². The second-order valence-electron chi connectivity index (χ2n) is 4.95. The quantitative estimate of drug-likeness (QED) is 0.772. The average Bonchev–Trinajstić information content (AvgIpc) is 2.28. The Balaban J connectivity index is 2.39. The van der Waals surface area contributed by atoms with Gasteiger partial charge in [0.15, 0.2) is 0 Å². The van der Waals surface area contributed by atoms with E-state index in [9.17, 15) is 0 Å². The first kappa shape index (κ1) is 13.2. The van der Waals surface area contributed by atoms with Crippen LogP contribution in [0.3, 0.4) is 0 Å². The van der Waals surface area contributed by atoms with Gasteiger partial charge in [-0.2, -0.15) is 0 Å². The molecule has 0 saturated heterocycles. The van der Waals surface area contributed by atoms with Crippen LogP contribution in [0.15, 0.2) is 18.2 Å². The van der Waals surface area contributed by atoms with Crippen molar-refractivity contribution in [2.45, 2.75) is 40.0 Å². The zero-order valence-electron chi connectivity index (χ0n) is 11.1. The van der Waals surface area contributed by atoms with Crippen LogP contribution >= 0.6 is 0 Å². The van der Waals surface area contributed by atoms with Gasteiger partial charge in [0.1, 0.15) is 0 Å². The number of aryl methyl sites for hydroxylation is 3. The van der Waals surface area contributed by atoms with E-state index < -0.39 is 0 Å². The fourth-order valence-corrected chi connectivity index (χ4v) is 1.91. The summed E-state index contributed by atoms with van der Waals surface area (Å²) in [5, 5.41) is 3.21. The fraction of sp³-hybridized carbons (Fsp3) is 0.600. The summed E-state index contributed by atoms with van der Waals surface area (Å²) in [6, 6.07) is 6.84. The molecular formula is C15H25N. The van der Waals surface area contributed by atoms with E-state index in [0.717, 1.165) is 12.5 Å². The third kappa shape index (κ3) is 4.36. The lowest BCUT2D eigenvalue weighted by Gasteiger charge is -2.11. The molecule has 1 nitrogen and oxygen atoms in total. The van der Waals surface area contributed by atoms with Crippen molar-refractivity contribution in [1.82, 2.24) is 5.32 Å². The number of benzene rings is 1. The molecular weight excluding hydrogens is 194 g/mol. The van der Waals surface area contributed by atoms with Crippen molar-refractivity contribution in [2.24, 2.45) is 5.92 Å². The van der Waals surface area contributed by atoms with Crippen molar-refractivity contribution in [1.29, 1.82) is 0 Å². The number of rotatable bonds is 6. The van der Waals surface area contributed by atoms with Gasteiger partial charge in [-0.05, 0) is 69.3 Å². The minimum Gasteiger partial charge on any atom is -0.320 e. The molecule has 90 valence electrons. The molecule has 0 aliphatic rings. The van der Waals surface area contributed by atoms with Crippen LogP contribution in [0.2, 0.25) is 0 Å². The van der Waals surface area contributed by atoms with Crippen molar-refractivity contribution in [2.75, 3.05) is 13.6 Å². The summed E-state index contributed by atoms with van der Waals surface area (Å²) in [6.07, 6.45) is 3.79. The third-order valence-electron chi connectivity index (χ3n) is 3.38. The summed E-state index contributed by atoms with van der Waals surface area (Å²) in [7, 11) is 2.02. The van der Waals surface area contributed by atoms with Crippen LogP contribution in [0.4, 0.5) is 0 Å². The molecule has 0 aromatic heterocycles. The summed E-state index contributed by atoms with van der Waals surface area (Å²) in [6.45, 7) is 7.85. The van der Waals surface area contributed by atoms with Gasteiger partial charge in [0.25, 0.3) is 0 Å². The van der Waals surface area contributed by atoms with Crippen molar-refractivity contribution in [3.05, 3.63) is 34.9 Å². The Morgan fingerprint density at radius 2 is 1.88 bits per heavy atom. The van der Waals surface area contributed by atoms with E-state index in [1.807, 2.05) is 7.05 Å². The van der Waals surface area contributed by atoms with Crippen molar-refractivity contribution >= 4 is 0 Å². The molecule has 1 rings (SSSR count). The van der Waals surface area contributed by atoms with Crippen LogP contribution in [0.1, 0.15) is 36.5 Å². The Morgan fingerprint density at radius 1 is 1.12 bits per heavy atom. The number of hydrogen-bond acceptors (Lipinski definition) is 1. The van der Waals surface area contributed by atoms with E-state index >= 15 is 0 Å². The van der Waals surface area contributed by atoms with E-state index in [4.69, 9.17) is 0 Å². The maximum atomic E-state index is 3.21. The first-order valence-corrected chi connectivity index (χ1v) is 6.34. The van der Waals surface area contributed by atoms with Gasteiger partial charge in [-0.3, -0.25) is 0 Å². The highest BCUT2D eigenvalue weighted by atomic mass is 14.8. The first-order valence-electron chi connectivity index (χ1n) is 6.34. The zero-order chi connectivity index (χ0) is 12.0. The Kier molecular flexibility index (Phi) is 5.54. The first-order chi connectivity index (χ1) is 7.63. The summed E-state index contributed by atoms with van der Waals surface area (Å²) >= 11 is 0. The van der Waals surface area contributed by atoms with Gasteiger partial charge in [0.05, 0.1) is 0 Å². The van der Waals surface area contributed by atoms with Gasteiger partial charge < -0.3 is 5.32 Å². The molecule has 0 heterocycles. The molecule has 16 heavy (non-hydrogen) atoms. The van der Waals surface area contributed by atoms with Crippen LogP contribution in [0, 0.1) is 19.8 Å². The topological polar surface area (TPSA) is 12.0 Å². The molecule has 0 spiro atoms. The molecule has 0 fully saturated rings. The van der Waals surface area contributed by atoms with Gasteiger partial charge in [-0.25, -0.2) is 0 Å². The highest BCUT2D eigenvalue weighted by Crippen LogP contribution is 2.15. The maximum Gasteiger partial charge on any atom is -0.00494 e. The molecule has 0 saturated carbocycles. The van der Waals surface area contributed by atoms with E-state index in [-0.39, 0.29) is 0 Å².